The standard InChI is InChI=1S/C12H11N3O2/c1-7-6-13-14-10(7)15-11(16)8-4-2-3-5-9(8)12(15)17/h2-5,7,13H,6H2,1H3. The monoisotopic (exact) mass is 229 g/mol. The Labute approximate surface area is 98.1 Å². The quantitative estimate of drug-likeness (QED) is 0.670. The second-order valence-electron chi connectivity index (χ2n) is 4.22. The molecule has 3 rings (SSSR count). The van der Waals surface area contributed by atoms with Crippen molar-refractivity contribution in [1.82, 2.24) is 10.3 Å². The third-order valence-corrected chi connectivity index (χ3v) is 3.06. The molecule has 1 aromatic carbocycles. The molecule has 5 heteroatoms. The number of nitrogens with one attached hydrogen (secondary N) is 1. The van der Waals surface area contributed by atoms with Gasteiger partial charge in [0.15, 0.2) is 0 Å². The van der Waals surface area contributed by atoms with E-state index in [4.69, 9.17) is 0 Å². The fraction of sp³-hybridized carbons (Fsp3) is 0.250. The SMILES string of the molecule is CC1CNN=C1N1C(=O)c2ccccc2C1=O. The van der Waals surface area contributed by atoms with Crippen LogP contribution in [0.5, 0.6) is 0 Å². The molecule has 1 aromatic rings. The first kappa shape index (κ1) is 10.0. The van der Waals surface area contributed by atoms with E-state index in [9.17, 15) is 9.59 Å². The van der Waals surface area contributed by atoms with Gasteiger partial charge in [0.05, 0.1) is 11.1 Å². The van der Waals surface area contributed by atoms with E-state index in [-0.39, 0.29) is 17.7 Å². The van der Waals surface area contributed by atoms with Crippen LogP contribution in [0, 0.1) is 5.92 Å². The van der Waals surface area contributed by atoms with Gasteiger partial charge in [-0.05, 0) is 12.1 Å². The van der Waals surface area contributed by atoms with E-state index in [0.717, 1.165) is 0 Å². The zero-order valence-corrected chi connectivity index (χ0v) is 9.30. The number of imide groups is 1. The van der Waals surface area contributed by atoms with Gasteiger partial charge in [-0.3, -0.25) is 9.59 Å². The third-order valence-electron chi connectivity index (χ3n) is 3.06. The van der Waals surface area contributed by atoms with E-state index in [1.165, 1.54) is 4.90 Å². The van der Waals surface area contributed by atoms with Gasteiger partial charge in [-0.15, -0.1) is 0 Å². The predicted molar refractivity (Wildman–Crippen MR) is 61.5 cm³/mol. The van der Waals surface area contributed by atoms with E-state index in [1.54, 1.807) is 24.3 Å². The maximum absolute atomic E-state index is 12.1. The fourth-order valence-electron chi connectivity index (χ4n) is 2.13. The molecule has 0 aliphatic carbocycles. The number of hydrogen-bond acceptors (Lipinski definition) is 4. The molecule has 86 valence electrons. The van der Waals surface area contributed by atoms with Gasteiger partial charge in [-0.2, -0.15) is 5.10 Å². The lowest BCUT2D eigenvalue weighted by Gasteiger charge is -2.15. The van der Waals surface area contributed by atoms with E-state index < -0.39 is 0 Å². The van der Waals surface area contributed by atoms with Crippen molar-refractivity contribution in [3.8, 4) is 0 Å². The number of hydrazone groups is 1. The van der Waals surface area contributed by atoms with Crippen LogP contribution < -0.4 is 5.43 Å². The molecule has 0 radical (unpaired) electrons. The molecule has 1 atom stereocenters. The molecule has 5 nitrogen and oxygen atoms in total. The van der Waals surface area contributed by atoms with Crippen molar-refractivity contribution in [2.75, 3.05) is 6.54 Å². The minimum Gasteiger partial charge on any atom is -0.308 e. The average molecular weight is 229 g/mol. The Morgan fingerprint density at radius 3 is 2.29 bits per heavy atom. The topological polar surface area (TPSA) is 61.8 Å². The molecule has 0 bridgehead atoms. The van der Waals surface area contributed by atoms with Gasteiger partial charge >= 0.3 is 0 Å². The van der Waals surface area contributed by atoms with Gasteiger partial charge in [0.1, 0.15) is 5.84 Å². The zero-order chi connectivity index (χ0) is 12.0. The van der Waals surface area contributed by atoms with Gasteiger partial charge in [-0.25, -0.2) is 4.90 Å². The zero-order valence-electron chi connectivity index (χ0n) is 9.30. The lowest BCUT2D eigenvalue weighted by Crippen LogP contribution is -2.38. The first-order chi connectivity index (χ1) is 8.20. The van der Waals surface area contributed by atoms with Gasteiger partial charge in [-0.1, -0.05) is 19.1 Å². The Kier molecular flexibility index (Phi) is 2.01. The first-order valence-corrected chi connectivity index (χ1v) is 5.48. The van der Waals surface area contributed by atoms with Gasteiger partial charge in [0, 0.05) is 12.5 Å². The molecule has 0 spiro atoms. The van der Waals surface area contributed by atoms with Crippen molar-refractivity contribution in [3.05, 3.63) is 35.4 Å². The highest BCUT2D eigenvalue weighted by Gasteiger charge is 2.40. The summed E-state index contributed by atoms with van der Waals surface area (Å²) in [6.07, 6.45) is 0. The summed E-state index contributed by atoms with van der Waals surface area (Å²) in [4.78, 5) is 25.4. The second-order valence-corrected chi connectivity index (χ2v) is 4.22. The Hall–Kier alpha value is -2.17. The van der Waals surface area contributed by atoms with Crippen molar-refractivity contribution in [2.45, 2.75) is 6.92 Å². The van der Waals surface area contributed by atoms with Crippen molar-refractivity contribution in [3.63, 3.8) is 0 Å². The number of fused-ring (bicyclic) bond motifs is 1. The van der Waals surface area contributed by atoms with Crippen LogP contribution in [0.3, 0.4) is 0 Å². The summed E-state index contributed by atoms with van der Waals surface area (Å²) in [6.45, 7) is 2.59. The Morgan fingerprint density at radius 1 is 1.24 bits per heavy atom. The number of amides is 2. The van der Waals surface area contributed by atoms with Gasteiger partial charge in [0.2, 0.25) is 0 Å². The molecule has 17 heavy (non-hydrogen) atoms. The van der Waals surface area contributed by atoms with Crippen molar-refractivity contribution >= 4 is 17.6 Å². The highest BCUT2D eigenvalue weighted by Crippen LogP contribution is 2.25. The van der Waals surface area contributed by atoms with Gasteiger partial charge in [0.25, 0.3) is 11.8 Å². The number of amidine groups is 1. The van der Waals surface area contributed by atoms with Crippen LogP contribution in [0.4, 0.5) is 0 Å². The molecule has 1 unspecified atom stereocenters. The summed E-state index contributed by atoms with van der Waals surface area (Å²) < 4.78 is 0. The molecule has 2 aliphatic heterocycles. The summed E-state index contributed by atoms with van der Waals surface area (Å²) >= 11 is 0. The molecule has 0 saturated heterocycles. The molecular weight excluding hydrogens is 218 g/mol. The summed E-state index contributed by atoms with van der Waals surface area (Å²) in [6, 6.07) is 6.85. The Bertz CT molecular complexity index is 515. The number of carbonyl (C=O) groups is 2. The normalized spacial score (nSPS) is 22.5. The molecule has 2 aliphatic rings. The van der Waals surface area contributed by atoms with Crippen LogP contribution in [0.25, 0.3) is 0 Å². The lowest BCUT2D eigenvalue weighted by molar-refractivity contribution is 0.0744. The summed E-state index contributed by atoms with van der Waals surface area (Å²) in [7, 11) is 0. The summed E-state index contributed by atoms with van der Waals surface area (Å²) in [5.74, 6) is 0.0215. The number of benzene rings is 1. The Morgan fingerprint density at radius 2 is 1.82 bits per heavy atom. The largest absolute Gasteiger partial charge is 0.308 e. The fourth-order valence-corrected chi connectivity index (χ4v) is 2.13. The Balaban J connectivity index is 2.07. The van der Waals surface area contributed by atoms with Gasteiger partial charge < -0.3 is 5.43 Å². The smallest absolute Gasteiger partial charge is 0.267 e. The second kappa shape index (κ2) is 3.41. The summed E-state index contributed by atoms with van der Waals surface area (Å²) in [5, 5.41) is 4.03. The van der Waals surface area contributed by atoms with Crippen LogP contribution in [-0.2, 0) is 0 Å². The average Bonchev–Trinajstić information content (AvgIpc) is 2.84. The minimum absolute atomic E-state index is 0.0669. The van der Waals surface area contributed by atoms with Crippen molar-refractivity contribution in [2.24, 2.45) is 11.0 Å². The molecule has 0 saturated carbocycles. The van der Waals surface area contributed by atoms with E-state index in [2.05, 4.69) is 10.5 Å². The molecule has 1 N–H and O–H groups in total. The van der Waals surface area contributed by atoms with Crippen molar-refractivity contribution < 1.29 is 9.59 Å². The summed E-state index contributed by atoms with van der Waals surface area (Å²) in [5.41, 5.74) is 3.72. The van der Waals surface area contributed by atoms with Crippen LogP contribution in [-0.4, -0.2) is 29.1 Å². The lowest BCUT2D eigenvalue weighted by atomic mass is 10.1. The van der Waals surface area contributed by atoms with Crippen LogP contribution in [0.1, 0.15) is 27.6 Å². The van der Waals surface area contributed by atoms with Crippen LogP contribution >= 0.6 is 0 Å². The highest BCUT2D eigenvalue weighted by molar-refractivity contribution is 6.30. The maximum Gasteiger partial charge on any atom is 0.267 e. The minimum atomic E-state index is -0.278. The number of nitrogens with zero attached hydrogens (tertiary/aromatic N) is 2. The number of rotatable bonds is 0. The first-order valence-electron chi connectivity index (χ1n) is 5.48. The molecular formula is C12H11N3O2. The number of carbonyl (C=O) groups excluding carboxylic acids is 2. The predicted octanol–water partition coefficient (Wildman–Crippen LogP) is 0.835. The van der Waals surface area contributed by atoms with Crippen LogP contribution in [0.2, 0.25) is 0 Å². The molecule has 2 heterocycles. The van der Waals surface area contributed by atoms with Crippen LogP contribution in [0.15, 0.2) is 29.4 Å². The maximum atomic E-state index is 12.1. The molecule has 0 aromatic heterocycles. The third kappa shape index (κ3) is 1.28. The molecule has 2 amide bonds. The molecule has 0 fully saturated rings. The van der Waals surface area contributed by atoms with E-state index in [1.807, 2.05) is 6.92 Å². The van der Waals surface area contributed by atoms with E-state index >= 15 is 0 Å². The number of hydrogen-bond donors (Lipinski definition) is 1. The van der Waals surface area contributed by atoms with E-state index in [0.29, 0.717) is 23.5 Å². The van der Waals surface area contributed by atoms with Crippen molar-refractivity contribution in [1.29, 1.82) is 0 Å². The highest BCUT2D eigenvalue weighted by atomic mass is 16.2.